The van der Waals surface area contributed by atoms with Gasteiger partial charge < -0.3 is 4.74 Å². The van der Waals surface area contributed by atoms with Crippen LogP contribution < -0.4 is 11.3 Å². The smallest absolute Gasteiger partial charge is 0.0834 e. The van der Waals surface area contributed by atoms with E-state index in [1.807, 2.05) is 4.68 Å². The van der Waals surface area contributed by atoms with Crippen LogP contribution in [0.5, 0.6) is 0 Å². The largest absolute Gasteiger partial charge is 0.378 e. The summed E-state index contributed by atoms with van der Waals surface area (Å²) < 4.78 is 7.71. The summed E-state index contributed by atoms with van der Waals surface area (Å²) in [5.74, 6) is 6.13. The molecule has 0 aromatic carbocycles. The van der Waals surface area contributed by atoms with Crippen molar-refractivity contribution in [2.24, 2.45) is 11.8 Å². The van der Waals surface area contributed by atoms with Gasteiger partial charge in [0.25, 0.3) is 0 Å². The van der Waals surface area contributed by atoms with Crippen LogP contribution in [0.25, 0.3) is 0 Å². The van der Waals surface area contributed by atoms with E-state index in [-0.39, 0.29) is 18.2 Å². The van der Waals surface area contributed by atoms with Gasteiger partial charge in [-0.3, -0.25) is 16.0 Å². The van der Waals surface area contributed by atoms with E-state index in [0.717, 1.165) is 25.1 Å². The summed E-state index contributed by atoms with van der Waals surface area (Å²) in [6.45, 7) is 7.10. The van der Waals surface area contributed by atoms with Crippen LogP contribution in [0.15, 0.2) is 6.20 Å². The van der Waals surface area contributed by atoms with E-state index >= 15 is 0 Å². The summed E-state index contributed by atoms with van der Waals surface area (Å²) in [6, 6.07) is 0.227. The summed E-state index contributed by atoms with van der Waals surface area (Å²) in [4.78, 5) is 0. The van der Waals surface area contributed by atoms with Crippen LogP contribution in [0.4, 0.5) is 0 Å². The third kappa shape index (κ3) is 2.79. The van der Waals surface area contributed by atoms with Gasteiger partial charge >= 0.3 is 0 Å². The SMILES string of the molecule is CCC1OCCC1C(NN)c1c(Cl)cnn1C(C)C. The molecule has 1 aliphatic heterocycles. The van der Waals surface area contributed by atoms with Crippen LogP contribution in [0.3, 0.4) is 0 Å². The summed E-state index contributed by atoms with van der Waals surface area (Å²) in [5, 5.41) is 5.02. The quantitative estimate of drug-likeness (QED) is 0.644. The lowest BCUT2D eigenvalue weighted by molar-refractivity contribution is 0.0762. The number of hydrogen-bond acceptors (Lipinski definition) is 4. The van der Waals surface area contributed by atoms with E-state index in [2.05, 4.69) is 31.3 Å². The molecule has 0 aliphatic carbocycles. The van der Waals surface area contributed by atoms with Gasteiger partial charge in [-0.2, -0.15) is 5.10 Å². The van der Waals surface area contributed by atoms with Gasteiger partial charge in [-0.05, 0) is 26.7 Å². The third-order valence-electron chi connectivity index (χ3n) is 3.84. The highest BCUT2D eigenvalue weighted by Crippen LogP contribution is 2.37. The first kappa shape index (κ1) is 14.8. The maximum absolute atomic E-state index is 6.31. The van der Waals surface area contributed by atoms with Crippen molar-refractivity contribution < 1.29 is 4.74 Å². The number of aromatic nitrogens is 2. The van der Waals surface area contributed by atoms with Crippen LogP contribution in [-0.2, 0) is 4.74 Å². The van der Waals surface area contributed by atoms with Crippen LogP contribution in [-0.4, -0.2) is 22.5 Å². The average Bonchev–Trinajstić information content (AvgIpc) is 2.98. The molecule has 1 aromatic rings. The number of ether oxygens (including phenoxy) is 1. The Bertz CT molecular complexity index is 421. The summed E-state index contributed by atoms with van der Waals surface area (Å²) in [6.07, 6.45) is 3.90. The number of rotatable bonds is 5. The number of nitrogens with zero attached hydrogens (tertiary/aromatic N) is 2. The Kier molecular flexibility index (Phi) is 4.84. The van der Waals surface area contributed by atoms with Crippen LogP contribution in [0.1, 0.15) is 51.4 Å². The molecule has 6 heteroatoms. The van der Waals surface area contributed by atoms with E-state index in [1.54, 1.807) is 6.20 Å². The maximum Gasteiger partial charge on any atom is 0.0834 e. The zero-order valence-corrected chi connectivity index (χ0v) is 12.5. The predicted octanol–water partition coefficient (Wildman–Crippen LogP) is 2.44. The average molecular weight is 287 g/mol. The van der Waals surface area contributed by atoms with Gasteiger partial charge in [0.15, 0.2) is 0 Å². The molecule has 1 aliphatic rings. The molecule has 1 fully saturated rings. The highest BCUT2D eigenvalue weighted by molar-refractivity contribution is 6.31. The summed E-state index contributed by atoms with van der Waals surface area (Å²) >= 11 is 6.31. The number of nitrogens with two attached hydrogens (primary N) is 1. The zero-order valence-electron chi connectivity index (χ0n) is 11.8. The first-order valence-corrected chi connectivity index (χ1v) is 7.28. The van der Waals surface area contributed by atoms with Crippen molar-refractivity contribution in [3.8, 4) is 0 Å². The second-order valence-corrected chi connectivity index (χ2v) is 5.74. The van der Waals surface area contributed by atoms with Gasteiger partial charge in [0.05, 0.1) is 29.1 Å². The van der Waals surface area contributed by atoms with Gasteiger partial charge in [0.1, 0.15) is 0 Å². The van der Waals surface area contributed by atoms with Crippen molar-refractivity contribution in [2.45, 2.75) is 51.8 Å². The molecule has 0 amide bonds. The zero-order chi connectivity index (χ0) is 14.0. The Morgan fingerprint density at radius 3 is 2.95 bits per heavy atom. The first-order chi connectivity index (χ1) is 9.10. The Morgan fingerprint density at radius 1 is 1.63 bits per heavy atom. The van der Waals surface area contributed by atoms with E-state index in [0.29, 0.717) is 10.9 Å². The minimum atomic E-state index is -0.0233. The Balaban J connectivity index is 2.34. The Hall–Kier alpha value is -0.620. The number of halogens is 1. The van der Waals surface area contributed by atoms with Crippen LogP contribution in [0, 0.1) is 5.92 Å². The molecule has 2 rings (SSSR count). The molecular formula is C13H23ClN4O. The second kappa shape index (κ2) is 6.22. The topological polar surface area (TPSA) is 65.1 Å². The van der Waals surface area contributed by atoms with Crippen molar-refractivity contribution in [1.29, 1.82) is 0 Å². The standard InChI is InChI=1S/C13H23ClN4O/c1-4-11-9(5-6-19-11)12(17-15)13-10(14)7-16-18(13)8(2)3/h7-9,11-12,17H,4-6,15H2,1-3H3. The predicted molar refractivity (Wildman–Crippen MR) is 75.8 cm³/mol. The lowest BCUT2D eigenvalue weighted by Gasteiger charge is -2.28. The minimum Gasteiger partial charge on any atom is -0.378 e. The Morgan fingerprint density at radius 2 is 2.37 bits per heavy atom. The Labute approximate surface area is 119 Å². The number of nitrogens with one attached hydrogen (secondary N) is 1. The fraction of sp³-hybridized carbons (Fsp3) is 0.769. The van der Waals surface area contributed by atoms with Crippen molar-refractivity contribution in [1.82, 2.24) is 15.2 Å². The molecule has 3 unspecified atom stereocenters. The highest BCUT2D eigenvalue weighted by atomic mass is 35.5. The lowest BCUT2D eigenvalue weighted by Crippen LogP contribution is -2.38. The molecule has 1 saturated heterocycles. The van der Waals surface area contributed by atoms with Crippen molar-refractivity contribution in [2.75, 3.05) is 6.61 Å². The first-order valence-electron chi connectivity index (χ1n) is 6.90. The molecule has 0 spiro atoms. The highest BCUT2D eigenvalue weighted by Gasteiger charge is 2.37. The summed E-state index contributed by atoms with van der Waals surface area (Å²) in [7, 11) is 0. The normalized spacial score (nSPS) is 25.2. The molecule has 3 N–H and O–H groups in total. The lowest BCUT2D eigenvalue weighted by atomic mass is 9.89. The minimum absolute atomic E-state index is 0.0233. The van der Waals surface area contributed by atoms with Gasteiger partial charge in [0, 0.05) is 18.6 Å². The molecular weight excluding hydrogens is 264 g/mol. The second-order valence-electron chi connectivity index (χ2n) is 5.33. The molecule has 0 bridgehead atoms. The maximum atomic E-state index is 6.31. The summed E-state index contributed by atoms with van der Waals surface area (Å²) in [5.41, 5.74) is 3.89. The van der Waals surface area contributed by atoms with Gasteiger partial charge in [-0.15, -0.1) is 0 Å². The molecule has 2 heterocycles. The van der Waals surface area contributed by atoms with E-state index in [9.17, 15) is 0 Å². The van der Waals surface area contributed by atoms with Gasteiger partial charge in [-0.1, -0.05) is 18.5 Å². The van der Waals surface area contributed by atoms with Crippen LogP contribution in [0.2, 0.25) is 5.02 Å². The van der Waals surface area contributed by atoms with Crippen molar-refractivity contribution in [3.63, 3.8) is 0 Å². The molecule has 3 atom stereocenters. The number of hydrazine groups is 1. The van der Waals surface area contributed by atoms with E-state index in [1.165, 1.54) is 0 Å². The van der Waals surface area contributed by atoms with Gasteiger partial charge in [0.2, 0.25) is 0 Å². The van der Waals surface area contributed by atoms with Crippen molar-refractivity contribution >= 4 is 11.6 Å². The fourth-order valence-electron chi connectivity index (χ4n) is 2.93. The van der Waals surface area contributed by atoms with Crippen LogP contribution >= 0.6 is 11.6 Å². The third-order valence-corrected chi connectivity index (χ3v) is 4.13. The molecule has 1 aromatic heterocycles. The monoisotopic (exact) mass is 286 g/mol. The molecule has 5 nitrogen and oxygen atoms in total. The van der Waals surface area contributed by atoms with E-state index < -0.39 is 0 Å². The molecule has 0 saturated carbocycles. The molecule has 19 heavy (non-hydrogen) atoms. The fourth-order valence-corrected chi connectivity index (χ4v) is 3.17. The molecule has 0 radical (unpaired) electrons. The van der Waals surface area contributed by atoms with E-state index in [4.69, 9.17) is 22.2 Å². The molecule has 108 valence electrons. The van der Waals surface area contributed by atoms with Crippen molar-refractivity contribution in [3.05, 3.63) is 16.9 Å². The van der Waals surface area contributed by atoms with Gasteiger partial charge in [-0.25, -0.2) is 0 Å². The number of hydrogen-bond donors (Lipinski definition) is 2.